The summed E-state index contributed by atoms with van der Waals surface area (Å²) in [6.45, 7) is 6.96. The zero-order valence-electron chi connectivity index (χ0n) is 12.5. The van der Waals surface area contributed by atoms with Crippen molar-refractivity contribution in [3.63, 3.8) is 0 Å². The van der Waals surface area contributed by atoms with Crippen molar-refractivity contribution in [2.24, 2.45) is 0 Å². The average molecular weight is 345 g/mol. The predicted octanol–water partition coefficient (Wildman–Crippen LogP) is 0.701. The van der Waals surface area contributed by atoms with E-state index >= 15 is 0 Å². The van der Waals surface area contributed by atoms with Crippen LogP contribution in [0.15, 0.2) is 4.34 Å². The number of carbonyl (C=O) groups is 2. The van der Waals surface area contributed by atoms with E-state index in [-0.39, 0.29) is 5.91 Å². The SMILES string of the molecule is CCNC(=O)NC(=O)C(C)Sc1nnc(N2CCOCC2)s1. The van der Waals surface area contributed by atoms with E-state index < -0.39 is 11.3 Å². The van der Waals surface area contributed by atoms with Crippen LogP contribution in [0.4, 0.5) is 9.93 Å². The van der Waals surface area contributed by atoms with Gasteiger partial charge in [0.25, 0.3) is 0 Å². The van der Waals surface area contributed by atoms with Gasteiger partial charge in [-0.1, -0.05) is 23.1 Å². The van der Waals surface area contributed by atoms with Gasteiger partial charge < -0.3 is 15.0 Å². The van der Waals surface area contributed by atoms with Crippen LogP contribution in [0.5, 0.6) is 0 Å². The number of urea groups is 1. The van der Waals surface area contributed by atoms with Crippen molar-refractivity contribution >= 4 is 40.2 Å². The Morgan fingerprint density at radius 1 is 1.41 bits per heavy atom. The molecular weight excluding hydrogens is 326 g/mol. The van der Waals surface area contributed by atoms with E-state index in [9.17, 15) is 9.59 Å². The highest BCUT2D eigenvalue weighted by atomic mass is 32.2. The smallest absolute Gasteiger partial charge is 0.321 e. The molecule has 0 aliphatic carbocycles. The number of ether oxygens (including phenoxy) is 1. The van der Waals surface area contributed by atoms with Crippen molar-refractivity contribution in [1.82, 2.24) is 20.8 Å². The number of carbonyl (C=O) groups excluding carboxylic acids is 2. The van der Waals surface area contributed by atoms with Crippen LogP contribution in [-0.4, -0.2) is 60.2 Å². The molecule has 2 rings (SSSR count). The van der Waals surface area contributed by atoms with Crippen molar-refractivity contribution in [3.05, 3.63) is 0 Å². The lowest BCUT2D eigenvalue weighted by atomic mass is 10.4. The zero-order valence-corrected chi connectivity index (χ0v) is 14.1. The van der Waals surface area contributed by atoms with Crippen LogP contribution in [-0.2, 0) is 9.53 Å². The molecule has 1 aliphatic rings. The van der Waals surface area contributed by atoms with Gasteiger partial charge in [-0.2, -0.15) is 0 Å². The third-order valence-electron chi connectivity index (χ3n) is 2.90. The average Bonchev–Trinajstić information content (AvgIpc) is 2.96. The first-order valence-corrected chi connectivity index (χ1v) is 8.71. The van der Waals surface area contributed by atoms with E-state index in [1.807, 2.05) is 0 Å². The van der Waals surface area contributed by atoms with Crippen LogP contribution in [0.3, 0.4) is 0 Å². The number of nitrogens with one attached hydrogen (secondary N) is 2. The van der Waals surface area contributed by atoms with Gasteiger partial charge in [-0.25, -0.2) is 4.79 Å². The summed E-state index contributed by atoms with van der Waals surface area (Å²) in [4.78, 5) is 25.3. The molecule has 2 N–H and O–H groups in total. The molecule has 0 saturated carbocycles. The Hall–Kier alpha value is -1.39. The fourth-order valence-electron chi connectivity index (χ4n) is 1.76. The summed E-state index contributed by atoms with van der Waals surface area (Å²) in [7, 11) is 0. The Bertz CT molecular complexity index is 519. The maximum absolute atomic E-state index is 11.9. The van der Waals surface area contributed by atoms with E-state index in [0.29, 0.717) is 24.1 Å². The third kappa shape index (κ3) is 4.82. The molecule has 122 valence electrons. The highest BCUT2D eigenvalue weighted by molar-refractivity contribution is 8.02. The molecule has 0 radical (unpaired) electrons. The maximum Gasteiger partial charge on any atom is 0.321 e. The molecule has 1 atom stereocenters. The van der Waals surface area contributed by atoms with Crippen LogP contribution in [0.1, 0.15) is 13.8 Å². The lowest BCUT2D eigenvalue weighted by Crippen LogP contribution is -2.42. The molecule has 1 fully saturated rings. The second-order valence-corrected chi connectivity index (χ2v) is 7.10. The first-order chi connectivity index (χ1) is 10.6. The number of rotatable bonds is 5. The largest absolute Gasteiger partial charge is 0.378 e. The number of nitrogens with zero attached hydrogens (tertiary/aromatic N) is 3. The van der Waals surface area contributed by atoms with Crippen molar-refractivity contribution in [2.75, 3.05) is 37.7 Å². The van der Waals surface area contributed by atoms with Gasteiger partial charge in [-0.15, -0.1) is 10.2 Å². The van der Waals surface area contributed by atoms with Gasteiger partial charge >= 0.3 is 6.03 Å². The summed E-state index contributed by atoms with van der Waals surface area (Å²) in [6, 6.07) is -0.480. The highest BCUT2D eigenvalue weighted by Gasteiger charge is 2.21. The molecule has 1 unspecified atom stereocenters. The fourth-order valence-corrected chi connectivity index (χ4v) is 3.79. The molecule has 0 bridgehead atoms. The van der Waals surface area contributed by atoms with Gasteiger partial charge in [0.1, 0.15) is 0 Å². The minimum Gasteiger partial charge on any atom is -0.378 e. The van der Waals surface area contributed by atoms with Crippen LogP contribution in [0.25, 0.3) is 0 Å². The molecule has 0 aromatic carbocycles. The first-order valence-electron chi connectivity index (χ1n) is 7.01. The van der Waals surface area contributed by atoms with Gasteiger partial charge in [-0.05, 0) is 13.8 Å². The molecule has 0 spiro atoms. The Morgan fingerprint density at radius 3 is 2.82 bits per heavy atom. The number of thioether (sulfide) groups is 1. The fraction of sp³-hybridized carbons (Fsp3) is 0.667. The Labute approximate surface area is 137 Å². The van der Waals surface area contributed by atoms with Gasteiger partial charge in [0.05, 0.1) is 18.5 Å². The molecule has 8 nitrogen and oxygen atoms in total. The summed E-state index contributed by atoms with van der Waals surface area (Å²) in [6.07, 6.45) is 0. The monoisotopic (exact) mass is 345 g/mol. The lowest BCUT2D eigenvalue weighted by molar-refractivity contribution is -0.119. The van der Waals surface area contributed by atoms with Crippen LogP contribution in [0, 0.1) is 0 Å². The van der Waals surface area contributed by atoms with E-state index in [4.69, 9.17) is 4.74 Å². The number of anilines is 1. The molecule has 2 heterocycles. The van der Waals surface area contributed by atoms with Crippen molar-refractivity contribution < 1.29 is 14.3 Å². The van der Waals surface area contributed by atoms with Gasteiger partial charge in [0, 0.05) is 19.6 Å². The molecule has 1 saturated heterocycles. The number of morpholine rings is 1. The summed E-state index contributed by atoms with van der Waals surface area (Å²) >= 11 is 2.74. The Morgan fingerprint density at radius 2 is 2.14 bits per heavy atom. The number of amides is 3. The number of hydrogen-bond donors (Lipinski definition) is 2. The molecule has 1 aromatic rings. The van der Waals surface area contributed by atoms with E-state index in [2.05, 4.69) is 25.7 Å². The second kappa shape index (κ2) is 8.30. The topological polar surface area (TPSA) is 96.5 Å². The van der Waals surface area contributed by atoms with Crippen molar-refractivity contribution in [2.45, 2.75) is 23.4 Å². The highest BCUT2D eigenvalue weighted by Crippen LogP contribution is 2.31. The first kappa shape index (κ1) is 17.0. The Kier molecular flexibility index (Phi) is 6.40. The van der Waals surface area contributed by atoms with E-state index in [0.717, 1.165) is 18.2 Å². The van der Waals surface area contributed by atoms with Crippen LogP contribution >= 0.6 is 23.1 Å². The predicted molar refractivity (Wildman–Crippen MR) is 85.5 cm³/mol. The Balaban J connectivity index is 1.86. The molecule has 1 aliphatic heterocycles. The summed E-state index contributed by atoms with van der Waals surface area (Å²) in [5.41, 5.74) is 0. The number of hydrogen-bond acceptors (Lipinski definition) is 8. The van der Waals surface area contributed by atoms with Crippen molar-refractivity contribution in [3.8, 4) is 0 Å². The van der Waals surface area contributed by atoms with Crippen LogP contribution in [0.2, 0.25) is 0 Å². The molecular formula is C12H19N5O3S2. The second-order valence-electron chi connectivity index (χ2n) is 4.56. The van der Waals surface area contributed by atoms with Gasteiger partial charge in [0.2, 0.25) is 11.0 Å². The quantitative estimate of drug-likeness (QED) is 0.758. The molecule has 22 heavy (non-hydrogen) atoms. The normalized spacial score (nSPS) is 16.2. The summed E-state index contributed by atoms with van der Waals surface area (Å²) in [5, 5.41) is 13.5. The van der Waals surface area contributed by atoms with Gasteiger partial charge in [-0.3, -0.25) is 10.1 Å². The van der Waals surface area contributed by atoms with Crippen LogP contribution < -0.4 is 15.5 Å². The summed E-state index contributed by atoms with van der Waals surface area (Å²) in [5.74, 6) is -0.348. The standard InChI is InChI=1S/C12H19N5O3S2/c1-3-13-10(19)14-9(18)8(2)21-12-16-15-11(22-12)17-4-6-20-7-5-17/h8H,3-7H2,1-2H3,(H2,13,14,18,19). The maximum atomic E-state index is 11.9. The van der Waals surface area contributed by atoms with E-state index in [1.54, 1.807) is 13.8 Å². The lowest BCUT2D eigenvalue weighted by Gasteiger charge is -2.25. The minimum atomic E-state index is -0.480. The zero-order chi connectivity index (χ0) is 15.9. The van der Waals surface area contributed by atoms with E-state index in [1.165, 1.54) is 23.1 Å². The molecule has 1 aromatic heterocycles. The minimum absolute atomic E-state index is 0.348. The molecule has 3 amide bonds. The molecule has 10 heteroatoms. The summed E-state index contributed by atoms with van der Waals surface area (Å²) < 4.78 is 6.01. The number of imide groups is 1. The van der Waals surface area contributed by atoms with Crippen molar-refractivity contribution in [1.29, 1.82) is 0 Å². The number of aromatic nitrogens is 2. The third-order valence-corrected chi connectivity index (χ3v) is 5.07. The van der Waals surface area contributed by atoms with Gasteiger partial charge in [0.15, 0.2) is 4.34 Å².